The summed E-state index contributed by atoms with van der Waals surface area (Å²) in [5, 5.41) is 2.80. The van der Waals surface area contributed by atoms with E-state index in [9.17, 15) is 0 Å². The average molecular weight is 200 g/mol. The van der Waals surface area contributed by atoms with Crippen LogP contribution in [0.25, 0.3) is 16.8 Å². The van der Waals surface area contributed by atoms with Crippen molar-refractivity contribution in [1.29, 1.82) is 0 Å². The van der Waals surface area contributed by atoms with Gasteiger partial charge in [-0.25, -0.2) is 0 Å². The van der Waals surface area contributed by atoms with Crippen molar-refractivity contribution in [3.63, 3.8) is 0 Å². The largest absolute Gasteiger partial charge is 0.153 e. The zero-order valence-electron chi connectivity index (χ0n) is 8.03. The van der Waals surface area contributed by atoms with Crippen molar-refractivity contribution >= 4 is 26.7 Å². The standard InChI is InChI=1S/C13H10.H3P/c1-4-10-6-2-8-12-9-3-7-11(5-1)13(10)12;/h1-8H,9H2;1H3. The van der Waals surface area contributed by atoms with Gasteiger partial charge in [0.05, 0.1) is 0 Å². The van der Waals surface area contributed by atoms with Gasteiger partial charge < -0.3 is 0 Å². The molecule has 0 radical (unpaired) electrons. The monoisotopic (exact) mass is 200 g/mol. The SMILES string of the molecule is C1=Cc2cccc3cccc(c23)C1.P. The summed E-state index contributed by atoms with van der Waals surface area (Å²) < 4.78 is 0. The molecule has 14 heavy (non-hydrogen) atoms. The molecule has 0 heterocycles. The Morgan fingerprint density at radius 3 is 2.57 bits per heavy atom. The van der Waals surface area contributed by atoms with Gasteiger partial charge in [0.25, 0.3) is 0 Å². The Balaban J connectivity index is 0.000000750. The van der Waals surface area contributed by atoms with E-state index < -0.39 is 0 Å². The van der Waals surface area contributed by atoms with E-state index in [0.29, 0.717) is 0 Å². The maximum Gasteiger partial charge on any atom is -0.00763 e. The van der Waals surface area contributed by atoms with Crippen LogP contribution in [0.1, 0.15) is 11.1 Å². The summed E-state index contributed by atoms with van der Waals surface area (Å²) in [5.41, 5.74) is 2.81. The minimum Gasteiger partial charge on any atom is -0.153 e. The predicted molar refractivity (Wildman–Crippen MR) is 67.8 cm³/mol. The van der Waals surface area contributed by atoms with Gasteiger partial charge in [-0.3, -0.25) is 0 Å². The van der Waals surface area contributed by atoms with E-state index >= 15 is 0 Å². The smallest absolute Gasteiger partial charge is 0.00763 e. The average Bonchev–Trinajstić information content (AvgIpc) is 2.19. The maximum absolute atomic E-state index is 2.23. The molecule has 0 nitrogen and oxygen atoms in total. The van der Waals surface area contributed by atoms with Gasteiger partial charge in [0.2, 0.25) is 0 Å². The lowest BCUT2D eigenvalue weighted by molar-refractivity contribution is 1.29. The molecule has 3 rings (SSSR count). The zero-order valence-corrected chi connectivity index (χ0v) is 9.45. The number of benzene rings is 2. The molecule has 0 aromatic heterocycles. The molecule has 1 aliphatic carbocycles. The fourth-order valence-electron chi connectivity index (χ4n) is 2.07. The van der Waals surface area contributed by atoms with Crippen molar-refractivity contribution < 1.29 is 0 Å². The minimum atomic E-state index is 0. The Morgan fingerprint density at radius 1 is 0.929 bits per heavy atom. The molecule has 1 atom stereocenters. The Kier molecular flexibility index (Phi) is 2.39. The summed E-state index contributed by atoms with van der Waals surface area (Å²) >= 11 is 0. The van der Waals surface area contributed by atoms with Crippen LogP contribution in [-0.4, -0.2) is 0 Å². The molecule has 1 heteroatoms. The number of hydrogen-bond acceptors (Lipinski definition) is 0. The zero-order chi connectivity index (χ0) is 8.67. The highest BCUT2D eigenvalue weighted by atomic mass is 31.0. The number of hydrogen-bond donors (Lipinski definition) is 0. The number of rotatable bonds is 0. The van der Waals surface area contributed by atoms with Gasteiger partial charge in [-0.05, 0) is 28.3 Å². The fraction of sp³-hybridized carbons (Fsp3) is 0.0769. The second-order valence-electron chi connectivity index (χ2n) is 3.47. The molecule has 1 unspecified atom stereocenters. The van der Waals surface area contributed by atoms with Crippen molar-refractivity contribution in [3.8, 4) is 0 Å². The van der Waals surface area contributed by atoms with Crippen LogP contribution in [0.5, 0.6) is 0 Å². The second kappa shape index (κ2) is 3.55. The third-order valence-electron chi connectivity index (χ3n) is 2.66. The molecule has 0 bridgehead atoms. The van der Waals surface area contributed by atoms with Crippen LogP contribution in [0.4, 0.5) is 0 Å². The van der Waals surface area contributed by atoms with Crippen LogP contribution < -0.4 is 0 Å². The molecular formula is C13H13P. The summed E-state index contributed by atoms with van der Waals surface area (Å²) in [6.07, 6.45) is 5.53. The first-order chi connectivity index (χ1) is 6.45. The quantitative estimate of drug-likeness (QED) is 0.571. The third-order valence-corrected chi connectivity index (χ3v) is 2.66. The third kappa shape index (κ3) is 1.27. The first-order valence-corrected chi connectivity index (χ1v) is 4.62. The molecule has 1 aliphatic rings. The van der Waals surface area contributed by atoms with Crippen LogP contribution in [0.2, 0.25) is 0 Å². The van der Waals surface area contributed by atoms with Crippen LogP contribution >= 0.6 is 9.90 Å². The number of allylic oxidation sites excluding steroid dienone is 1. The van der Waals surface area contributed by atoms with Crippen molar-refractivity contribution in [1.82, 2.24) is 0 Å². The topological polar surface area (TPSA) is 0 Å². The second-order valence-corrected chi connectivity index (χ2v) is 3.47. The molecule has 0 saturated carbocycles. The van der Waals surface area contributed by atoms with E-state index in [1.165, 1.54) is 21.9 Å². The summed E-state index contributed by atoms with van der Waals surface area (Å²) in [7, 11) is 0. The van der Waals surface area contributed by atoms with Gasteiger partial charge in [0, 0.05) is 0 Å². The Morgan fingerprint density at radius 2 is 1.71 bits per heavy atom. The van der Waals surface area contributed by atoms with E-state index in [1.807, 2.05) is 0 Å². The van der Waals surface area contributed by atoms with Crippen molar-refractivity contribution in [2.75, 3.05) is 0 Å². The van der Waals surface area contributed by atoms with Gasteiger partial charge in [-0.1, -0.05) is 48.6 Å². The van der Waals surface area contributed by atoms with Gasteiger partial charge in [-0.15, -0.1) is 0 Å². The minimum absolute atomic E-state index is 0. The van der Waals surface area contributed by atoms with Crippen LogP contribution in [-0.2, 0) is 6.42 Å². The lowest BCUT2D eigenvalue weighted by Gasteiger charge is -2.11. The lowest BCUT2D eigenvalue weighted by atomic mass is 9.93. The molecule has 70 valence electrons. The summed E-state index contributed by atoms with van der Waals surface area (Å²) in [6, 6.07) is 13.0. The summed E-state index contributed by atoms with van der Waals surface area (Å²) in [6.45, 7) is 0. The van der Waals surface area contributed by atoms with Crippen molar-refractivity contribution in [2.24, 2.45) is 0 Å². The first-order valence-electron chi connectivity index (χ1n) is 4.62. The summed E-state index contributed by atoms with van der Waals surface area (Å²) in [5.74, 6) is 0. The van der Waals surface area contributed by atoms with Crippen molar-refractivity contribution in [3.05, 3.63) is 53.6 Å². The lowest BCUT2D eigenvalue weighted by Crippen LogP contribution is -1.91. The van der Waals surface area contributed by atoms with E-state index in [1.54, 1.807) is 0 Å². The van der Waals surface area contributed by atoms with E-state index in [0.717, 1.165) is 6.42 Å². The van der Waals surface area contributed by atoms with E-state index in [2.05, 4.69) is 48.6 Å². The van der Waals surface area contributed by atoms with Gasteiger partial charge >= 0.3 is 0 Å². The Hall–Kier alpha value is -1.13. The molecule has 0 spiro atoms. The summed E-state index contributed by atoms with van der Waals surface area (Å²) in [4.78, 5) is 0. The molecular weight excluding hydrogens is 187 g/mol. The molecule has 2 aromatic carbocycles. The highest BCUT2D eigenvalue weighted by Crippen LogP contribution is 2.27. The molecule has 0 saturated heterocycles. The predicted octanol–water partition coefficient (Wildman–Crippen LogP) is 3.47. The fourth-order valence-corrected chi connectivity index (χ4v) is 2.07. The first kappa shape index (κ1) is 9.43. The van der Waals surface area contributed by atoms with E-state index in [4.69, 9.17) is 0 Å². The molecule has 0 amide bonds. The Bertz CT molecular complexity index is 492. The highest BCUT2D eigenvalue weighted by molar-refractivity contribution is 6.92. The molecule has 2 aromatic rings. The van der Waals surface area contributed by atoms with Gasteiger partial charge in [0.1, 0.15) is 0 Å². The molecule has 0 aliphatic heterocycles. The van der Waals surface area contributed by atoms with Crippen LogP contribution in [0.15, 0.2) is 42.5 Å². The highest BCUT2D eigenvalue weighted by Gasteiger charge is 2.06. The van der Waals surface area contributed by atoms with Gasteiger partial charge in [-0.2, -0.15) is 9.90 Å². The Labute approximate surface area is 87.3 Å². The van der Waals surface area contributed by atoms with E-state index in [-0.39, 0.29) is 9.90 Å². The normalized spacial score (nSPS) is 12.6. The van der Waals surface area contributed by atoms with Crippen LogP contribution in [0.3, 0.4) is 0 Å². The molecule has 0 N–H and O–H groups in total. The maximum atomic E-state index is 2.23. The molecule has 0 fully saturated rings. The van der Waals surface area contributed by atoms with Crippen LogP contribution in [0, 0.1) is 0 Å². The van der Waals surface area contributed by atoms with Crippen molar-refractivity contribution in [2.45, 2.75) is 6.42 Å². The van der Waals surface area contributed by atoms with Gasteiger partial charge in [0.15, 0.2) is 0 Å².